The van der Waals surface area contributed by atoms with Crippen LogP contribution in [0.15, 0.2) is 48.4 Å². The zero-order chi connectivity index (χ0) is 51.3. The van der Waals surface area contributed by atoms with Gasteiger partial charge in [0.05, 0.1) is 19.6 Å². The number of rotatable bonds is 41. The van der Waals surface area contributed by atoms with E-state index in [0.717, 1.165) is 134 Å². The Bertz CT molecular complexity index is 2300. The number of nitriles is 2. The van der Waals surface area contributed by atoms with Crippen LogP contribution in [0.2, 0.25) is 0 Å². The van der Waals surface area contributed by atoms with E-state index in [1.54, 1.807) is 12.5 Å². The Kier molecular flexibility index (Phi) is 37.5. The molecular formula is C48H75N11O11. The lowest BCUT2D eigenvalue weighted by Gasteiger charge is -2.14. The molecule has 0 unspecified atom stereocenters. The van der Waals surface area contributed by atoms with Gasteiger partial charge in [-0.2, -0.15) is 10.5 Å². The molecule has 0 bridgehead atoms. The molecule has 0 amide bonds. The van der Waals surface area contributed by atoms with Gasteiger partial charge in [-0.3, -0.25) is 0 Å². The molecule has 70 heavy (non-hydrogen) atoms. The molecule has 0 radical (unpaired) electrons. The van der Waals surface area contributed by atoms with Crippen LogP contribution in [0.1, 0.15) is 167 Å². The Morgan fingerprint density at radius 3 is 1.10 bits per heavy atom. The van der Waals surface area contributed by atoms with Gasteiger partial charge in [0.15, 0.2) is 0 Å². The maximum Gasteiger partial charge on any atom is 0.425 e. The Morgan fingerprint density at radius 2 is 0.729 bits per heavy atom. The van der Waals surface area contributed by atoms with Crippen LogP contribution in [0.25, 0.3) is 0 Å². The maximum atomic E-state index is 13.1. The molecule has 0 N–H and O–H groups in total. The molecule has 388 valence electrons. The van der Waals surface area contributed by atoms with Gasteiger partial charge in [-0.1, -0.05) is 84.0 Å². The van der Waals surface area contributed by atoms with Crippen LogP contribution in [0.4, 0.5) is 0 Å². The summed E-state index contributed by atoms with van der Waals surface area (Å²) >= 11 is 0. The van der Waals surface area contributed by atoms with Crippen molar-refractivity contribution in [2.75, 3.05) is 39.4 Å². The molecule has 0 aliphatic carbocycles. The summed E-state index contributed by atoms with van der Waals surface area (Å²) in [6, 6.07) is 0. The average molecular weight is 982 g/mol. The summed E-state index contributed by atoms with van der Waals surface area (Å²) < 4.78 is 20.8. The molecule has 0 aliphatic rings. The fourth-order valence-electron chi connectivity index (χ4n) is 7.40. The Hall–Kier alpha value is -6.46. The second-order valence-corrected chi connectivity index (χ2v) is 16.7. The lowest BCUT2D eigenvalue weighted by molar-refractivity contribution is 0.259. The standard InChI is InChI=1S/C24H36N6O6.C24H39N5O5/c25-19-36-18-12-6-5-11-17-30-23(34)28(15-9-3-1-7-13-26-20-31)22(33)29(24(30)35)16-10-4-2-8-14-27-21-32;1-2-3-4-5-11-16-27-22-28(17-12-7-6-10-15-26-21-30)23(31)29(24(32)34-22)18-13-8-9-14-19-33-20-25/h1-18H2;2-19H2,1H3. The zero-order valence-corrected chi connectivity index (χ0v) is 41.4. The van der Waals surface area contributed by atoms with E-state index < -0.39 is 22.8 Å². The molecule has 2 rings (SSSR count). The van der Waals surface area contributed by atoms with Gasteiger partial charge < -0.3 is 13.9 Å². The van der Waals surface area contributed by atoms with Crippen LogP contribution in [0.5, 0.6) is 0 Å². The minimum atomic E-state index is -0.675. The fourth-order valence-corrected chi connectivity index (χ4v) is 7.40. The molecule has 0 atom stereocenters. The predicted molar refractivity (Wildman–Crippen MR) is 260 cm³/mol. The summed E-state index contributed by atoms with van der Waals surface area (Å²) in [5, 5.41) is 16.8. The van der Waals surface area contributed by atoms with Gasteiger partial charge in [-0.15, -0.1) is 0 Å². The summed E-state index contributed by atoms with van der Waals surface area (Å²) in [5.41, 5.74) is -2.07. The molecule has 0 saturated heterocycles. The summed E-state index contributed by atoms with van der Waals surface area (Å²) in [6.07, 6.45) is 28.2. The lowest BCUT2D eigenvalue weighted by atomic mass is 10.2. The molecule has 0 saturated carbocycles. The summed E-state index contributed by atoms with van der Waals surface area (Å²) in [5.74, 6) is -0.675. The van der Waals surface area contributed by atoms with E-state index in [0.29, 0.717) is 78.0 Å². The molecule has 0 spiro atoms. The number of nitrogens with zero attached hydrogens (tertiary/aromatic N) is 11. The van der Waals surface area contributed by atoms with Crippen LogP contribution >= 0.6 is 0 Å². The smallest absolute Gasteiger partial charge is 0.425 e. The van der Waals surface area contributed by atoms with Crippen molar-refractivity contribution in [1.82, 2.24) is 22.8 Å². The third-order valence-electron chi connectivity index (χ3n) is 11.3. The van der Waals surface area contributed by atoms with E-state index in [4.69, 9.17) is 14.9 Å². The zero-order valence-electron chi connectivity index (χ0n) is 41.4. The first-order chi connectivity index (χ1) is 34.2. The van der Waals surface area contributed by atoms with Crippen molar-refractivity contribution in [2.45, 2.75) is 200 Å². The molecule has 0 aliphatic heterocycles. The number of aliphatic imine (C=N–C) groups is 3. The van der Waals surface area contributed by atoms with Gasteiger partial charge in [0.25, 0.3) is 12.5 Å². The number of unbranched alkanes of at least 4 members (excludes halogenated alkanes) is 19. The van der Waals surface area contributed by atoms with E-state index >= 15 is 0 Å². The first-order valence-electron chi connectivity index (χ1n) is 25.2. The van der Waals surface area contributed by atoms with E-state index in [1.165, 1.54) is 35.6 Å². The molecule has 2 aromatic rings. The maximum absolute atomic E-state index is 13.1. The number of hydrogen-bond acceptors (Lipinski definition) is 17. The minimum absolute atomic E-state index is 0.0981. The van der Waals surface area contributed by atoms with Gasteiger partial charge in [0.2, 0.25) is 18.2 Å². The topological polar surface area (TPSA) is 290 Å². The van der Waals surface area contributed by atoms with Crippen molar-refractivity contribution in [3.05, 3.63) is 58.2 Å². The highest BCUT2D eigenvalue weighted by Gasteiger charge is 2.16. The monoisotopic (exact) mass is 982 g/mol. The number of aromatic nitrogens is 5. The quantitative estimate of drug-likeness (QED) is 0.0347. The van der Waals surface area contributed by atoms with E-state index in [2.05, 4.69) is 36.4 Å². The SMILES string of the molecule is CCCCCCCN=c1oc(=O)n(CCCCCCOC#N)c(=O)n1CCCCCCN=C=O.N#COCCCCCCn1c(=O)n(CCCCCCN=C=O)c(=O)n(CCCCCCN=C=O)c1=O. The number of isocyanates is 3. The van der Waals surface area contributed by atoms with Crippen molar-refractivity contribution >= 4 is 18.2 Å². The predicted octanol–water partition coefficient (Wildman–Crippen LogP) is 5.45. The van der Waals surface area contributed by atoms with Crippen LogP contribution in [0, 0.1) is 23.0 Å². The number of hydrogen-bond donors (Lipinski definition) is 0. The number of carbonyl (C=O) groups excluding carboxylic acids is 3. The van der Waals surface area contributed by atoms with E-state index in [-0.39, 0.29) is 37.6 Å². The Morgan fingerprint density at radius 1 is 0.414 bits per heavy atom. The van der Waals surface area contributed by atoms with E-state index in [1.807, 2.05) is 0 Å². The average Bonchev–Trinajstić information content (AvgIpc) is 3.35. The van der Waals surface area contributed by atoms with Crippen molar-refractivity contribution in [3.8, 4) is 12.5 Å². The molecular weight excluding hydrogens is 907 g/mol. The van der Waals surface area contributed by atoms with Gasteiger partial charge in [-0.05, 0) is 83.5 Å². The van der Waals surface area contributed by atoms with Gasteiger partial charge in [0, 0.05) is 39.3 Å². The van der Waals surface area contributed by atoms with Gasteiger partial charge in [-0.25, -0.2) is 81.2 Å². The summed E-state index contributed by atoms with van der Waals surface area (Å²) in [4.78, 5) is 110. The molecule has 22 heteroatoms. The Balaban J connectivity index is 0.000000701. The van der Waals surface area contributed by atoms with Crippen LogP contribution in [-0.2, 0) is 56.6 Å². The molecule has 0 fully saturated rings. The molecule has 2 heterocycles. The van der Waals surface area contributed by atoms with E-state index in [9.17, 15) is 38.4 Å². The van der Waals surface area contributed by atoms with Crippen molar-refractivity contribution in [2.24, 2.45) is 20.0 Å². The lowest BCUT2D eigenvalue weighted by Crippen LogP contribution is -2.54. The van der Waals surface area contributed by atoms with Crippen molar-refractivity contribution < 1.29 is 28.3 Å². The summed E-state index contributed by atoms with van der Waals surface area (Å²) in [6.45, 7) is 6.02. The highest BCUT2D eigenvalue weighted by Crippen LogP contribution is 2.06. The van der Waals surface area contributed by atoms with Crippen LogP contribution in [-0.4, -0.2) is 80.5 Å². The largest absolute Gasteiger partial charge is 0.428 e. The number of ether oxygens (including phenoxy) is 2. The van der Waals surface area contributed by atoms with Crippen LogP contribution < -0.4 is 34.2 Å². The second-order valence-electron chi connectivity index (χ2n) is 16.7. The van der Waals surface area contributed by atoms with Gasteiger partial charge >= 0.3 is 34.2 Å². The third-order valence-corrected chi connectivity index (χ3v) is 11.3. The molecule has 22 nitrogen and oxygen atoms in total. The molecule has 2 aromatic heterocycles. The second kappa shape index (κ2) is 42.6. The van der Waals surface area contributed by atoms with Gasteiger partial charge in [0.1, 0.15) is 13.2 Å². The minimum Gasteiger partial charge on any atom is -0.428 e. The first kappa shape index (κ1) is 61.6. The normalized spacial score (nSPS) is 10.8. The molecule has 0 aromatic carbocycles. The summed E-state index contributed by atoms with van der Waals surface area (Å²) in [7, 11) is 0. The van der Waals surface area contributed by atoms with Crippen molar-refractivity contribution in [1.29, 1.82) is 10.5 Å². The fraction of sp³-hybridized carbons (Fsp3) is 0.771. The van der Waals surface area contributed by atoms with Crippen LogP contribution in [0.3, 0.4) is 0 Å². The highest BCUT2D eigenvalue weighted by molar-refractivity contribution is 5.33. The highest BCUT2D eigenvalue weighted by atomic mass is 16.5. The third kappa shape index (κ3) is 27.5. The first-order valence-corrected chi connectivity index (χ1v) is 25.2. The van der Waals surface area contributed by atoms with Crippen molar-refractivity contribution in [3.63, 3.8) is 0 Å². The Labute approximate surface area is 409 Å².